The number of hydrogen-bond donors (Lipinski definition) is 2. The van der Waals surface area contributed by atoms with Gasteiger partial charge in [0.05, 0.1) is 12.5 Å². The summed E-state index contributed by atoms with van der Waals surface area (Å²) in [7, 11) is 1.81. The van der Waals surface area contributed by atoms with Gasteiger partial charge in [-0.1, -0.05) is 20.8 Å². The van der Waals surface area contributed by atoms with Crippen LogP contribution >= 0.6 is 24.0 Å². The first-order valence-corrected chi connectivity index (χ1v) is 8.99. The normalized spacial score (nSPS) is 21.6. The van der Waals surface area contributed by atoms with E-state index in [1.165, 1.54) is 6.42 Å². The molecule has 5 nitrogen and oxygen atoms in total. The number of carbonyl (C=O) groups excluding carboxylic acids is 1. The molecule has 0 radical (unpaired) electrons. The third-order valence-corrected chi connectivity index (χ3v) is 4.31. The molecule has 0 saturated heterocycles. The third kappa shape index (κ3) is 9.69. The Hall–Kier alpha value is -0.530. The van der Waals surface area contributed by atoms with Crippen molar-refractivity contribution in [3.63, 3.8) is 0 Å². The molecule has 0 unspecified atom stereocenters. The SMILES string of the molecule is CCOC(=O)C1CCC(NC(=NC)NCCCC(C)(C)C)CC1.I. The van der Waals surface area contributed by atoms with Crippen molar-refractivity contribution in [2.45, 2.75) is 72.3 Å². The Labute approximate surface area is 164 Å². The van der Waals surface area contributed by atoms with Crippen molar-refractivity contribution >= 4 is 35.9 Å². The molecule has 1 aliphatic rings. The third-order valence-electron chi connectivity index (χ3n) is 4.31. The second-order valence-electron chi connectivity index (χ2n) is 7.61. The molecule has 0 amide bonds. The molecule has 0 aromatic heterocycles. The summed E-state index contributed by atoms with van der Waals surface area (Å²) in [4.78, 5) is 16.1. The summed E-state index contributed by atoms with van der Waals surface area (Å²) in [5, 5.41) is 6.87. The zero-order valence-electron chi connectivity index (χ0n) is 16.0. The Morgan fingerprint density at radius 1 is 1.21 bits per heavy atom. The molecular weight excluding hydrogens is 417 g/mol. The molecular formula is C18H36IN3O2. The van der Waals surface area contributed by atoms with Crippen LogP contribution in [0.5, 0.6) is 0 Å². The Balaban J connectivity index is 0.00000529. The molecule has 1 aliphatic carbocycles. The number of guanidine groups is 1. The van der Waals surface area contributed by atoms with Crippen LogP contribution < -0.4 is 10.6 Å². The first kappa shape index (κ1) is 23.5. The first-order valence-electron chi connectivity index (χ1n) is 8.99. The minimum atomic E-state index is -0.0318. The van der Waals surface area contributed by atoms with Crippen molar-refractivity contribution in [1.29, 1.82) is 0 Å². The van der Waals surface area contributed by atoms with E-state index in [2.05, 4.69) is 36.4 Å². The number of nitrogens with one attached hydrogen (secondary N) is 2. The molecule has 1 rings (SSSR count). The highest BCUT2D eigenvalue weighted by molar-refractivity contribution is 14.0. The van der Waals surface area contributed by atoms with Gasteiger partial charge in [-0.15, -0.1) is 24.0 Å². The van der Waals surface area contributed by atoms with E-state index in [9.17, 15) is 4.79 Å². The van der Waals surface area contributed by atoms with Crippen LogP contribution in [0.2, 0.25) is 0 Å². The van der Waals surface area contributed by atoms with Crippen molar-refractivity contribution in [3.8, 4) is 0 Å². The molecule has 0 atom stereocenters. The second kappa shape index (κ2) is 11.9. The molecule has 0 heterocycles. The van der Waals surface area contributed by atoms with Crippen molar-refractivity contribution in [3.05, 3.63) is 0 Å². The van der Waals surface area contributed by atoms with Gasteiger partial charge in [-0.05, 0) is 50.9 Å². The molecule has 6 heteroatoms. The lowest BCUT2D eigenvalue weighted by Gasteiger charge is -2.29. The maximum Gasteiger partial charge on any atom is 0.308 e. The summed E-state index contributed by atoms with van der Waals surface area (Å²) >= 11 is 0. The number of carbonyl (C=O) groups is 1. The zero-order valence-corrected chi connectivity index (χ0v) is 18.3. The van der Waals surface area contributed by atoms with Crippen LogP contribution in [0.3, 0.4) is 0 Å². The van der Waals surface area contributed by atoms with Crippen LogP contribution in [0.25, 0.3) is 0 Å². The summed E-state index contributed by atoms with van der Waals surface area (Å²) in [6, 6.07) is 0.398. The van der Waals surface area contributed by atoms with Gasteiger partial charge in [0.25, 0.3) is 0 Å². The zero-order chi connectivity index (χ0) is 17.3. The van der Waals surface area contributed by atoms with E-state index in [-0.39, 0.29) is 35.9 Å². The molecule has 0 aliphatic heterocycles. The fourth-order valence-electron chi connectivity index (χ4n) is 2.95. The van der Waals surface area contributed by atoms with Crippen molar-refractivity contribution < 1.29 is 9.53 Å². The summed E-state index contributed by atoms with van der Waals surface area (Å²) in [6.45, 7) is 10.1. The fraction of sp³-hybridized carbons (Fsp3) is 0.889. The summed E-state index contributed by atoms with van der Waals surface area (Å²) in [5.41, 5.74) is 0.379. The van der Waals surface area contributed by atoms with Crippen LogP contribution in [0.1, 0.15) is 66.2 Å². The van der Waals surface area contributed by atoms with Gasteiger partial charge in [-0.2, -0.15) is 0 Å². The minimum absolute atomic E-state index is 0. The first-order chi connectivity index (χ1) is 10.9. The van der Waals surface area contributed by atoms with E-state index >= 15 is 0 Å². The summed E-state index contributed by atoms with van der Waals surface area (Å²) < 4.78 is 5.12. The largest absolute Gasteiger partial charge is 0.466 e. The van der Waals surface area contributed by atoms with Gasteiger partial charge in [0.2, 0.25) is 0 Å². The van der Waals surface area contributed by atoms with Crippen LogP contribution in [-0.4, -0.2) is 38.2 Å². The number of nitrogens with zero attached hydrogens (tertiary/aromatic N) is 1. The highest BCUT2D eigenvalue weighted by Crippen LogP contribution is 2.25. The summed E-state index contributed by atoms with van der Waals surface area (Å²) in [6.07, 6.45) is 6.12. The Bertz CT molecular complexity index is 386. The predicted octanol–water partition coefficient (Wildman–Crippen LogP) is 3.72. The molecule has 24 heavy (non-hydrogen) atoms. The molecule has 142 valence electrons. The van der Waals surface area contributed by atoms with Crippen molar-refractivity contribution in [2.24, 2.45) is 16.3 Å². The Kier molecular flexibility index (Phi) is 11.7. The number of hydrogen-bond acceptors (Lipinski definition) is 3. The van der Waals surface area contributed by atoms with Gasteiger partial charge in [-0.3, -0.25) is 9.79 Å². The van der Waals surface area contributed by atoms with Gasteiger partial charge in [0.1, 0.15) is 0 Å². The second-order valence-corrected chi connectivity index (χ2v) is 7.61. The van der Waals surface area contributed by atoms with E-state index in [0.717, 1.165) is 44.6 Å². The van der Waals surface area contributed by atoms with Crippen LogP contribution in [0, 0.1) is 11.3 Å². The summed E-state index contributed by atoms with van der Waals surface area (Å²) in [5.74, 6) is 0.920. The Morgan fingerprint density at radius 3 is 2.33 bits per heavy atom. The van der Waals surface area contributed by atoms with Crippen molar-refractivity contribution in [2.75, 3.05) is 20.2 Å². The van der Waals surface area contributed by atoms with Gasteiger partial charge < -0.3 is 15.4 Å². The quantitative estimate of drug-likeness (QED) is 0.212. The Morgan fingerprint density at radius 2 is 1.83 bits per heavy atom. The van der Waals surface area contributed by atoms with Crippen LogP contribution in [-0.2, 0) is 9.53 Å². The van der Waals surface area contributed by atoms with Crippen LogP contribution in [0.4, 0.5) is 0 Å². The highest BCUT2D eigenvalue weighted by Gasteiger charge is 2.27. The number of esters is 1. The van der Waals surface area contributed by atoms with Gasteiger partial charge in [0.15, 0.2) is 5.96 Å². The maximum atomic E-state index is 11.8. The van der Waals surface area contributed by atoms with Gasteiger partial charge >= 0.3 is 5.97 Å². The lowest BCUT2D eigenvalue weighted by molar-refractivity contribution is -0.149. The standard InChI is InChI=1S/C18H35N3O2.HI/c1-6-23-16(22)14-8-10-15(11-9-14)21-17(19-5)20-13-7-12-18(2,3)4;/h14-15H,6-13H2,1-5H3,(H2,19,20,21);1H. The topological polar surface area (TPSA) is 62.7 Å². The predicted molar refractivity (Wildman–Crippen MR) is 111 cm³/mol. The van der Waals surface area contributed by atoms with E-state index < -0.39 is 0 Å². The monoisotopic (exact) mass is 453 g/mol. The van der Waals surface area contributed by atoms with Gasteiger partial charge in [0, 0.05) is 19.6 Å². The smallest absolute Gasteiger partial charge is 0.308 e. The van der Waals surface area contributed by atoms with Crippen molar-refractivity contribution in [1.82, 2.24) is 10.6 Å². The average molecular weight is 453 g/mol. The fourth-order valence-corrected chi connectivity index (χ4v) is 2.95. The van der Waals surface area contributed by atoms with Crippen LogP contribution in [0.15, 0.2) is 4.99 Å². The number of ether oxygens (including phenoxy) is 1. The maximum absolute atomic E-state index is 11.8. The number of halogens is 1. The van der Waals surface area contributed by atoms with E-state index in [4.69, 9.17) is 4.74 Å². The van der Waals surface area contributed by atoms with Gasteiger partial charge in [-0.25, -0.2) is 0 Å². The molecule has 1 fully saturated rings. The van der Waals surface area contributed by atoms with E-state index in [1.807, 2.05) is 14.0 Å². The molecule has 0 bridgehead atoms. The van der Waals surface area contributed by atoms with E-state index in [1.54, 1.807) is 0 Å². The molecule has 0 aromatic carbocycles. The molecule has 2 N–H and O–H groups in total. The molecule has 1 saturated carbocycles. The highest BCUT2D eigenvalue weighted by atomic mass is 127. The lowest BCUT2D eigenvalue weighted by atomic mass is 9.86. The molecule has 0 aromatic rings. The average Bonchev–Trinajstić information content (AvgIpc) is 2.50. The lowest BCUT2D eigenvalue weighted by Crippen LogP contribution is -2.45. The minimum Gasteiger partial charge on any atom is -0.466 e. The number of aliphatic imine (C=N–C) groups is 1. The van der Waals surface area contributed by atoms with E-state index in [0.29, 0.717) is 18.1 Å². The number of rotatable bonds is 6. The molecule has 0 spiro atoms.